The first-order valence-corrected chi connectivity index (χ1v) is 7.95. The quantitative estimate of drug-likeness (QED) is 0.789. The Hall–Kier alpha value is -0.900. The third-order valence-corrected chi connectivity index (χ3v) is 5.68. The van der Waals surface area contributed by atoms with E-state index in [0.717, 1.165) is 35.2 Å². The smallest absolute Gasteiger partial charge is 0.186 e. The minimum absolute atomic E-state index is 0.0705. The highest BCUT2D eigenvalue weighted by atomic mass is 32.1. The van der Waals surface area contributed by atoms with Crippen molar-refractivity contribution in [1.82, 2.24) is 4.98 Å². The van der Waals surface area contributed by atoms with E-state index in [2.05, 4.69) is 32.6 Å². The van der Waals surface area contributed by atoms with Gasteiger partial charge in [0.2, 0.25) is 0 Å². The van der Waals surface area contributed by atoms with Gasteiger partial charge in [0.25, 0.3) is 0 Å². The molecule has 2 aliphatic rings. The molecule has 0 saturated carbocycles. The minimum Gasteiger partial charge on any atom is -0.348 e. The summed E-state index contributed by atoms with van der Waals surface area (Å²) in [5.74, 6) is 1.72. The molecule has 3 rings (SSSR count). The third kappa shape index (κ3) is 2.31. The molecule has 1 saturated heterocycles. The lowest BCUT2D eigenvalue weighted by Crippen LogP contribution is -2.26. The fourth-order valence-electron chi connectivity index (χ4n) is 3.13. The van der Waals surface area contributed by atoms with Gasteiger partial charge < -0.3 is 4.90 Å². The molecule has 2 atom stereocenters. The Bertz CT molecular complexity index is 510. The van der Waals surface area contributed by atoms with Crippen molar-refractivity contribution in [2.24, 2.45) is 17.3 Å². The van der Waals surface area contributed by atoms with Gasteiger partial charge in [-0.05, 0) is 23.7 Å². The summed E-state index contributed by atoms with van der Waals surface area (Å²) in [5.41, 5.74) is 1.11. The Morgan fingerprint density at radius 3 is 2.47 bits per heavy atom. The Labute approximate surface area is 119 Å². The number of carbonyl (C=O) groups is 1. The van der Waals surface area contributed by atoms with Crippen molar-refractivity contribution in [2.45, 2.75) is 40.5 Å². The van der Waals surface area contributed by atoms with Gasteiger partial charge in [0.15, 0.2) is 10.9 Å². The predicted octanol–water partition coefficient (Wildman–Crippen LogP) is 3.39. The monoisotopic (exact) mass is 278 g/mol. The molecular weight excluding hydrogens is 256 g/mol. The molecule has 104 valence electrons. The van der Waals surface area contributed by atoms with Crippen molar-refractivity contribution in [3.63, 3.8) is 0 Å². The number of rotatable bonds is 1. The number of Topliss-reactive ketones (excluding diaryl/α,β-unsaturated/α-hetero) is 1. The molecule has 1 aromatic heterocycles. The number of anilines is 1. The topological polar surface area (TPSA) is 33.2 Å². The number of hydrogen-bond donors (Lipinski definition) is 0. The summed E-state index contributed by atoms with van der Waals surface area (Å²) < 4.78 is 0. The lowest BCUT2D eigenvalue weighted by Gasteiger charge is -2.26. The predicted molar refractivity (Wildman–Crippen MR) is 79.1 cm³/mol. The molecular formula is C15H22N2OS. The van der Waals surface area contributed by atoms with Crippen molar-refractivity contribution >= 4 is 22.3 Å². The van der Waals surface area contributed by atoms with Crippen molar-refractivity contribution < 1.29 is 4.79 Å². The van der Waals surface area contributed by atoms with Crippen molar-refractivity contribution in [1.29, 1.82) is 0 Å². The van der Waals surface area contributed by atoms with Crippen LogP contribution in [0.5, 0.6) is 0 Å². The van der Waals surface area contributed by atoms with E-state index >= 15 is 0 Å². The summed E-state index contributed by atoms with van der Waals surface area (Å²) in [7, 11) is 0. The van der Waals surface area contributed by atoms with E-state index in [1.807, 2.05) is 0 Å². The molecule has 0 amide bonds. The minimum atomic E-state index is 0.0705. The van der Waals surface area contributed by atoms with Gasteiger partial charge >= 0.3 is 0 Å². The number of nitrogens with zero attached hydrogens (tertiary/aromatic N) is 2. The molecule has 2 heterocycles. The molecule has 0 bridgehead atoms. The maximum absolute atomic E-state index is 12.2. The third-order valence-electron chi connectivity index (χ3n) is 4.48. The Morgan fingerprint density at radius 1 is 1.21 bits per heavy atom. The van der Waals surface area contributed by atoms with Gasteiger partial charge in [-0.1, -0.05) is 39.0 Å². The zero-order valence-electron chi connectivity index (χ0n) is 12.2. The van der Waals surface area contributed by atoms with Gasteiger partial charge in [-0.15, -0.1) is 0 Å². The van der Waals surface area contributed by atoms with Crippen LogP contribution in [0.2, 0.25) is 0 Å². The van der Waals surface area contributed by atoms with Gasteiger partial charge in [0.05, 0.1) is 10.6 Å². The molecule has 19 heavy (non-hydrogen) atoms. The Morgan fingerprint density at radius 2 is 1.84 bits per heavy atom. The highest BCUT2D eigenvalue weighted by Gasteiger charge is 2.36. The van der Waals surface area contributed by atoms with Crippen molar-refractivity contribution in [2.75, 3.05) is 18.0 Å². The zero-order chi connectivity index (χ0) is 13.8. The number of hydrogen-bond acceptors (Lipinski definition) is 4. The van der Waals surface area contributed by atoms with E-state index in [0.29, 0.717) is 18.3 Å². The molecule has 3 nitrogen and oxygen atoms in total. The molecule has 0 spiro atoms. The average Bonchev–Trinajstić information content (AvgIpc) is 2.82. The van der Waals surface area contributed by atoms with Crippen LogP contribution in [0.25, 0.3) is 0 Å². The molecule has 0 N–H and O–H groups in total. The van der Waals surface area contributed by atoms with E-state index in [1.54, 1.807) is 11.3 Å². The first-order valence-electron chi connectivity index (χ1n) is 7.13. The van der Waals surface area contributed by atoms with E-state index in [4.69, 9.17) is 4.98 Å². The second-order valence-corrected chi connectivity index (χ2v) is 8.05. The van der Waals surface area contributed by atoms with Crippen molar-refractivity contribution in [3.05, 3.63) is 10.6 Å². The lowest BCUT2D eigenvalue weighted by molar-refractivity contribution is 0.0916. The molecule has 2 unspecified atom stereocenters. The molecule has 1 aliphatic carbocycles. The molecule has 0 radical (unpaired) electrons. The first kappa shape index (κ1) is 13.1. The molecule has 0 aromatic carbocycles. The standard InChI is InChI=1S/C15H22N2OS/c1-9-7-17(8-10(9)2)14-16-11-5-15(3,4)6-12(18)13(11)19-14/h9-10H,5-8H2,1-4H3. The second-order valence-electron chi connectivity index (χ2n) is 7.07. The van der Waals surface area contributed by atoms with Crippen LogP contribution in [0.15, 0.2) is 0 Å². The summed E-state index contributed by atoms with van der Waals surface area (Å²) in [6.07, 6.45) is 1.60. The Balaban J connectivity index is 1.89. The summed E-state index contributed by atoms with van der Waals surface area (Å²) in [4.78, 5) is 20.3. The number of aromatic nitrogens is 1. The van der Waals surface area contributed by atoms with E-state index < -0.39 is 0 Å². The SMILES string of the molecule is CC1CN(c2nc3c(s2)C(=O)CC(C)(C)C3)CC1C. The van der Waals surface area contributed by atoms with Gasteiger partial charge in [0, 0.05) is 19.5 Å². The fourth-order valence-corrected chi connectivity index (χ4v) is 4.17. The van der Waals surface area contributed by atoms with E-state index in [9.17, 15) is 4.79 Å². The van der Waals surface area contributed by atoms with Crippen molar-refractivity contribution in [3.8, 4) is 0 Å². The first-order chi connectivity index (χ1) is 8.85. The van der Waals surface area contributed by atoms with Gasteiger partial charge in [0.1, 0.15) is 0 Å². The van der Waals surface area contributed by atoms with Crippen LogP contribution in [0.1, 0.15) is 49.5 Å². The molecule has 1 aromatic rings. The van der Waals surface area contributed by atoms with Crippen LogP contribution < -0.4 is 4.90 Å². The summed E-state index contributed by atoms with van der Waals surface area (Å²) in [5, 5.41) is 1.06. The number of carbonyl (C=O) groups excluding carboxylic acids is 1. The summed E-state index contributed by atoms with van der Waals surface area (Å²) in [6.45, 7) is 11.1. The van der Waals surface area contributed by atoms with Crippen LogP contribution in [-0.4, -0.2) is 23.9 Å². The maximum atomic E-state index is 12.2. The summed E-state index contributed by atoms with van der Waals surface area (Å²) in [6, 6.07) is 0. The van der Waals surface area contributed by atoms with Crippen LogP contribution in [-0.2, 0) is 6.42 Å². The molecule has 4 heteroatoms. The largest absolute Gasteiger partial charge is 0.348 e. The lowest BCUT2D eigenvalue weighted by atomic mass is 9.78. The summed E-state index contributed by atoms with van der Waals surface area (Å²) >= 11 is 1.61. The van der Waals surface area contributed by atoms with Crippen LogP contribution >= 0.6 is 11.3 Å². The normalized spacial score (nSPS) is 29.7. The number of thiazole rings is 1. The average molecular weight is 278 g/mol. The molecule has 1 aliphatic heterocycles. The maximum Gasteiger partial charge on any atom is 0.186 e. The second kappa shape index (κ2) is 4.30. The van der Waals surface area contributed by atoms with Crippen LogP contribution in [0, 0.1) is 17.3 Å². The highest BCUT2D eigenvalue weighted by molar-refractivity contribution is 7.17. The fraction of sp³-hybridized carbons (Fsp3) is 0.733. The van der Waals surface area contributed by atoms with Gasteiger partial charge in [-0.25, -0.2) is 4.98 Å². The zero-order valence-corrected chi connectivity index (χ0v) is 13.0. The van der Waals surface area contributed by atoms with Gasteiger partial charge in [-0.2, -0.15) is 0 Å². The van der Waals surface area contributed by atoms with Crippen LogP contribution in [0.4, 0.5) is 5.13 Å². The van der Waals surface area contributed by atoms with Crippen LogP contribution in [0.3, 0.4) is 0 Å². The number of ketones is 1. The van der Waals surface area contributed by atoms with E-state index in [-0.39, 0.29) is 11.2 Å². The van der Waals surface area contributed by atoms with Gasteiger partial charge in [-0.3, -0.25) is 4.79 Å². The van der Waals surface area contributed by atoms with E-state index in [1.165, 1.54) is 0 Å². The molecule has 1 fully saturated rings. The Kier molecular flexibility index (Phi) is 2.97. The number of fused-ring (bicyclic) bond motifs is 1. The highest BCUT2D eigenvalue weighted by Crippen LogP contribution is 2.40.